The van der Waals surface area contributed by atoms with Crippen LogP contribution >= 0.6 is 0 Å². The van der Waals surface area contributed by atoms with Crippen molar-refractivity contribution in [2.75, 3.05) is 13.1 Å². The molecule has 0 spiro atoms. The zero-order valence-electron chi connectivity index (χ0n) is 13.4. The fraction of sp³-hybridized carbons (Fsp3) is 0.647. The SMILES string of the molecule is O=C(NC1CCN(C(=O)C2CCCCC2)CC1)c1cnccn1. The van der Waals surface area contributed by atoms with Crippen LogP contribution in [0.5, 0.6) is 0 Å². The Morgan fingerprint density at radius 1 is 1.04 bits per heavy atom. The molecule has 6 heteroatoms. The quantitative estimate of drug-likeness (QED) is 0.922. The van der Waals surface area contributed by atoms with Crippen LogP contribution in [0.4, 0.5) is 0 Å². The number of carbonyl (C=O) groups is 2. The second-order valence-electron chi connectivity index (χ2n) is 6.50. The molecule has 2 heterocycles. The summed E-state index contributed by atoms with van der Waals surface area (Å²) in [4.78, 5) is 34.5. The number of hydrogen-bond acceptors (Lipinski definition) is 4. The molecule has 2 amide bonds. The fourth-order valence-electron chi connectivity index (χ4n) is 3.53. The van der Waals surface area contributed by atoms with Crippen molar-refractivity contribution in [3.63, 3.8) is 0 Å². The molecule has 0 radical (unpaired) electrons. The molecule has 1 N–H and O–H groups in total. The molecule has 0 bridgehead atoms. The minimum atomic E-state index is -0.185. The maximum absolute atomic E-state index is 12.5. The standard InChI is InChI=1S/C17H24N4O2/c22-16(15-12-18-8-9-19-15)20-14-6-10-21(11-7-14)17(23)13-4-2-1-3-5-13/h8-9,12-14H,1-7,10-11H2,(H,20,22). The topological polar surface area (TPSA) is 75.2 Å². The lowest BCUT2D eigenvalue weighted by molar-refractivity contribution is -0.137. The minimum absolute atomic E-state index is 0.111. The summed E-state index contributed by atoms with van der Waals surface area (Å²) in [5, 5.41) is 2.99. The lowest BCUT2D eigenvalue weighted by atomic mass is 9.87. The molecule has 0 unspecified atom stereocenters. The van der Waals surface area contributed by atoms with Gasteiger partial charge in [0.1, 0.15) is 5.69 Å². The molecule has 1 aromatic heterocycles. The van der Waals surface area contributed by atoms with Gasteiger partial charge >= 0.3 is 0 Å². The lowest BCUT2D eigenvalue weighted by Crippen LogP contribution is -2.48. The van der Waals surface area contributed by atoms with Crippen LogP contribution in [0, 0.1) is 5.92 Å². The predicted octanol–water partition coefficient (Wildman–Crippen LogP) is 1.78. The van der Waals surface area contributed by atoms with Gasteiger partial charge in [-0.1, -0.05) is 19.3 Å². The van der Waals surface area contributed by atoms with E-state index in [9.17, 15) is 9.59 Å². The van der Waals surface area contributed by atoms with Crippen LogP contribution in [0.3, 0.4) is 0 Å². The van der Waals surface area contributed by atoms with Gasteiger partial charge in [-0.3, -0.25) is 14.6 Å². The summed E-state index contributed by atoms with van der Waals surface area (Å²) in [5.41, 5.74) is 0.341. The van der Waals surface area contributed by atoms with E-state index in [0.717, 1.165) is 38.8 Å². The van der Waals surface area contributed by atoms with Crippen molar-refractivity contribution < 1.29 is 9.59 Å². The molecule has 3 rings (SSSR count). The highest BCUT2D eigenvalue weighted by Crippen LogP contribution is 2.26. The number of hydrogen-bond donors (Lipinski definition) is 1. The monoisotopic (exact) mass is 316 g/mol. The minimum Gasteiger partial charge on any atom is -0.348 e. The van der Waals surface area contributed by atoms with Crippen molar-refractivity contribution in [3.05, 3.63) is 24.3 Å². The second-order valence-corrected chi connectivity index (χ2v) is 6.50. The smallest absolute Gasteiger partial charge is 0.271 e. The Kier molecular flexibility index (Phi) is 5.20. The highest BCUT2D eigenvalue weighted by atomic mass is 16.2. The zero-order chi connectivity index (χ0) is 16.1. The van der Waals surface area contributed by atoms with Crippen LogP contribution in [0.25, 0.3) is 0 Å². The summed E-state index contributed by atoms with van der Waals surface area (Å²) in [6.07, 6.45) is 11.9. The summed E-state index contributed by atoms with van der Waals surface area (Å²) in [6.45, 7) is 1.47. The Morgan fingerprint density at radius 3 is 2.43 bits per heavy atom. The van der Waals surface area contributed by atoms with E-state index < -0.39 is 0 Å². The molecule has 23 heavy (non-hydrogen) atoms. The first kappa shape index (κ1) is 15.9. The van der Waals surface area contributed by atoms with Gasteiger partial charge in [-0.2, -0.15) is 0 Å². The molecule has 1 aromatic rings. The summed E-state index contributed by atoms with van der Waals surface area (Å²) in [6, 6.07) is 0.111. The third-order valence-electron chi connectivity index (χ3n) is 4.89. The van der Waals surface area contributed by atoms with E-state index in [1.807, 2.05) is 4.90 Å². The first-order valence-corrected chi connectivity index (χ1v) is 8.59. The Morgan fingerprint density at radius 2 is 1.78 bits per heavy atom. The molecule has 1 saturated heterocycles. The summed E-state index contributed by atoms with van der Waals surface area (Å²) in [7, 11) is 0. The number of rotatable bonds is 3. The number of nitrogens with zero attached hydrogens (tertiary/aromatic N) is 3. The van der Waals surface area contributed by atoms with Gasteiger partial charge in [0.25, 0.3) is 5.91 Å². The number of aromatic nitrogens is 2. The highest BCUT2D eigenvalue weighted by molar-refractivity contribution is 5.92. The van der Waals surface area contributed by atoms with E-state index in [1.165, 1.54) is 31.7 Å². The Hall–Kier alpha value is -1.98. The zero-order valence-corrected chi connectivity index (χ0v) is 13.4. The van der Waals surface area contributed by atoms with Gasteiger partial charge in [-0.15, -0.1) is 0 Å². The molecule has 124 valence electrons. The van der Waals surface area contributed by atoms with Crippen molar-refractivity contribution in [1.29, 1.82) is 0 Å². The Labute approximate surface area is 136 Å². The molecule has 2 fully saturated rings. The average Bonchev–Trinajstić information content (AvgIpc) is 2.63. The summed E-state index contributed by atoms with van der Waals surface area (Å²) < 4.78 is 0. The third-order valence-corrected chi connectivity index (χ3v) is 4.89. The molecule has 1 aliphatic heterocycles. The van der Waals surface area contributed by atoms with Crippen LogP contribution in [0.2, 0.25) is 0 Å². The van der Waals surface area contributed by atoms with Crippen LogP contribution in [-0.2, 0) is 4.79 Å². The van der Waals surface area contributed by atoms with Crippen molar-refractivity contribution >= 4 is 11.8 Å². The molecule has 1 aliphatic carbocycles. The number of piperidine rings is 1. The van der Waals surface area contributed by atoms with Gasteiger partial charge in [0.2, 0.25) is 5.91 Å². The normalized spacial score (nSPS) is 20.3. The van der Waals surface area contributed by atoms with Crippen LogP contribution < -0.4 is 5.32 Å². The average molecular weight is 316 g/mol. The maximum Gasteiger partial charge on any atom is 0.271 e. The van der Waals surface area contributed by atoms with E-state index in [1.54, 1.807) is 6.20 Å². The van der Waals surface area contributed by atoms with Crippen molar-refractivity contribution in [2.24, 2.45) is 5.92 Å². The molecule has 2 aliphatic rings. The van der Waals surface area contributed by atoms with Gasteiger partial charge in [0.05, 0.1) is 6.20 Å². The van der Waals surface area contributed by atoms with E-state index in [0.29, 0.717) is 11.6 Å². The van der Waals surface area contributed by atoms with Gasteiger partial charge in [-0.25, -0.2) is 4.98 Å². The number of nitrogens with one attached hydrogen (secondary N) is 1. The second kappa shape index (κ2) is 7.53. The third kappa shape index (κ3) is 4.06. The lowest BCUT2D eigenvalue weighted by Gasteiger charge is -2.35. The van der Waals surface area contributed by atoms with E-state index >= 15 is 0 Å². The Balaban J connectivity index is 1.46. The molecule has 0 aromatic carbocycles. The van der Waals surface area contributed by atoms with Gasteiger partial charge in [-0.05, 0) is 25.7 Å². The van der Waals surface area contributed by atoms with Crippen molar-refractivity contribution in [1.82, 2.24) is 20.2 Å². The highest BCUT2D eigenvalue weighted by Gasteiger charge is 2.29. The van der Waals surface area contributed by atoms with Crippen LogP contribution in [-0.4, -0.2) is 45.8 Å². The summed E-state index contributed by atoms with van der Waals surface area (Å²) in [5.74, 6) is 0.369. The maximum atomic E-state index is 12.5. The van der Waals surface area contributed by atoms with Crippen LogP contribution in [0.15, 0.2) is 18.6 Å². The largest absolute Gasteiger partial charge is 0.348 e. The van der Waals surface area contributed by atoms with Gasteiger partial charge < -0.3 is 10.2 Å². The van der Waals surface area contributed by atoms with Crippen LogP contribution in [0.1, 0.15) is 55.4 Å². The van der Waals surface area contributed by atoms with Crippen molar-refractivity contribution in [2.45, 2.75) is 51.0 Å². The molecular weight excluding hydrogens is 292 g/mol. The number of likely N-dealkylation sites (tertiary alicyclic amines) is 1. The van der Waals surface area contributed by atoms with E-state index in [-0.39, 0.29) is 17.9 Å². The first-order valence-electron chi connectivity index (χ1n) is 8.59. The predicted molar refractivity (Wildman–Crippen MR) is 85.7 cm³/mol. The van der Waals surface area contributed by atoms with Gasteiger partial charge in [0.15, 0.2) is 0 Å². The Bertz CT molecular complexity index is 535. The van der Waals surface area contributed by atoms with Crippen molar-refractivity contribution in [3.8, 4) is 0 Å². The summed E-state index contributed by atoms with van der Waals surface area (Å²) >= 11 is 0. The molecule has 1 saturated carbocycles. The first-order chi connectivity index (χ1) is 11.2. The van der Waals surface area contributed by atoms with E-state index in [4.69, 9.17) is 0 Å². The molecule has 6 nitrogen and oxygen atoms in total. The van der Waals surface area contributed by atoms with Gasteiger partial charge in [0, 0.05) is 37.4 Å². The number of amides is 2. The fourth-order valence-corrected chi connectivity index (χ4v) is 3.53. The van der Waals surface area contributed by atoms with E-state index in [2.05, 4.69) is 15.3 Å². The number of carbonyl (C=O) groups excluding carboxylic acids is 2. The molecular formula is C17H24N4O2. The molecule has 0 atom stereocenters.